The summed E-state index contributed by atoms with van der Waals surface area (Å²) in [5, 5.41) is 39.4. The quantitative estimate of drug-likeness (QED) is 0.491. The average Bonchev–Trinajstić information content (AvgIpc) is 2.43. The molecule has 1 aromatic carbocycles. The van der Waals surface area contributed by atoms with Gasteiger partial charge in [0.25, 0.3) is 0 Å². The molecule has 8 heteroatoms. The largest absolute Gasteiger partial charge is 0.494 e. The Balaban J connectivity index is 3.25. The van der Waals surface area contributed by atoms with E-state index < -0.39 is 36.6 Å². The summed E-state index contributed by atoms with van der Waals surface area (Å²) in [5.41, 5.74) is -3.23. The second-order valence-corrected chi connectivity index (χ2v) is 8.75. The summed E-state index contributed by atoms with van der Waals surface area (Å²) in [6, 6.07) is 6.46. The maximum absolute atomic E-state index is 10.4. The van der Waals surface area contributed by atoms with Gasteiger partial charge in [0.2, 0.25) is 0 Å². The van der Waals surface area contributed by atoms with E-state index in [1.54, 1.807) is 79.7 Å². The Hall–Kier alpha value is -0.890. The zero-order valence-corrected chi connectivity index (χ0v) is 17.1. The molecular formula is C18H32B2O6. The summed E-state index contributed by atoms with van der Waals surface area (Å²) in [6.45, 7) is 13.6. The van der Waals surface area contributed by atoms with E-state index in [1.165, 1.54) is 0 Å². The molecule has 4 N–H and O–H groups in total. The van der Waals surface area contributed by atoms with Crippen LogP contribution in [0.5, 0.6) is 0 Å². The van der Waals surface area contributed by atoms with Gasteiger partial charge in [-0.15, -0.1) is 0 Å². The molecule has 146 valence electrons. The van der Waals surface area contributed by atoms with E-state index in [9.17, 15) is 20.3 Å². The van der Waals surface area contributed by atoms with Crippen molar-refractivity contribution in [2.75, 3.05) is 0 Å². The highest BCUT2D eigenvalue weighted by molar-refractivity contribution is 6.62. The van der Waals surface area contributed by atoms with Gasteiger partial charge in [0.1, 0.15) is 0 Å². The Kier molecular flexibility index (Phi) is 6.78. The Morgan fingerprint density at radius 1 is 0.654 bits per heavy atom. The van der Waals surface area contributed by atoms with Gasteiger partial charge in [0.15, 0.2) is 0 Å². The lowest BCUT2D eigenvalue weighted by atomic mass is 9.71. The van der Waals surface area contributed by atoms with Crippen molar-refractivity contribution in [2.45, 2.75) is 77.8 Å². The van der Waals surface area contributed by atoms with Gasteiger partial charge in [0.05, 0.1) is 22.4 Å². The number of rotatable bonds is 8. The smallest absolute Gasteiger partial charge is 0.423 e. The summed E-state index contributed by atoms with van der Waals surface area (Å²) in [4.78, 5) is 0. The van der Waals surface area contributed by atoms with Crippen molar-refractivity contribution in [3.63, 3.8) is 0 Å². The molecule has 1 aromatic rings. The van der Waals surface area contributed by atoms with E-state index in [2.05, 4.69) is 0 Å². The van der Waals surface area contributed by atoms with Crippen LogP contribution in [0.25, 0.3) is 0 Å². The van der Waals surface area contributed by atoms with Crippen molar-refractivity contribution in [1.82, 2.24) is 0 Å². The Bertz CT molecular complexity index is 557. The molecule has 0 spiro atoms. The van der Waals surface area contributed by atoms with Gasteiger partial charge in [-0.25, -0.2) is 0 Å². The van der Waals surface area contributed by atoms with E-state index in [0.29, 0.717) is 10.9 Å². The molecule has 26 heavy (non-hydrogen) atoms. The minimum absolute atomic E-state index is 0.344. The van der Waals surface area contributed by atoms with Crippen molar-refractivity contribution in [3.05, 3.63) is 24.3 Å². The second kappa shape index (κ2) is 7.62. The molecule has 0 bridgehead atoms. The maximum atomic E-state index is 10.4. The Labute approximate surface area is 157 Å². The van der Waals surface area contributed by atoms with Crippen LogP contribution in [0.1, 0.15) is 55.4 Å². The van der Waals surface area contributed by atoms with E-state index in [1.807, 2.05) is 0 Å². The molecule has 0 fully saturated rings. The normalized spacial score (nSPS) is 13.7. The number of benzene rings is 1. The van der Waals surface area contributed by atoms with Crippen LogP contribution in [-0.2, 0) is 9.31 Å². The first-order valence-corrected chi connectivity index (χ1v) is 8.74. The molecule has 0 atom stereocenters. The zero-order chi connectivity index (χ0) is 20.6. The van der Waals surface area contributed by atoms with Crippen LogP contribution < -0.4 is 10.9 Å². The standard InChI is InChI=1S/C18H32B2O6/c1-15(2,21)17(5,6)25-20(26-18(7,8)16(3,4)22)14-11-9-13(10-12-14)19(23)24/h9-12,21-24H,1-8H3. The fraction of sp³-hybridized carbons (Fsp3) is 0.667. The average molecular weight is 366 g/mol. The summed E-state index contributed by atoms with van der Waals surface area (Å²) in [5.74, 6) is 0. The third-order valence-electron chi connectivity index (χ3n) is 5.26. The second-order valence-electron chi connectivity index (χ2n) is 8.75. The van der Waals surface area contributed by atoms with Crippen LogP contribution in [0.15, 0.2) is 24.3 Å². The Morgan fingerprint density at radius 3 is 1.23 bits per heavy atom. The monoisotopic (exact) mass is 366 g/mol. The van der Waals surface area contributed by atoms with Crippen LogP contribution in [0.2, 0.25) is 0 Å². The SMILES string of the molecule is CC(C)(O)C(C)(C)OB(OC(C)(C)C(C)(C)O)c1ccc(B(O)O)cc1. The highest BCUT2D eigenvalue weighted by atomic mass is 16.6. The van der Waals surface area contributed by atoms with Gasteiger partial charge in [-0.2, -0.15) is 0 Å². The fourth-order valence-corrected chi connectivity index (χ4v) is 1.81. The third kappa shape index (κ3) is 5.55. The topological polar surface area (TPSA) is 99.4 Å². The van der Waals surface area contributed by atoms with Crippen LogP contribution >= 0.6 is 0 Å². The Morgan fingerprint density at radius 2 is 0.962 bits per heavy atom. The first-order chi connectivity index (χ1) is 11.5. The molecule has 0 aliphatic rings. The van der Waals surface area contributed by atoms with Gasteiger partial charge in [-0.1, -0.05) is 24.3 Å². The van der Waals surface area contributed by atoms with E-state index in [0.717, 1.165) is 0 Å². The molecule has 0 saturated carbocycles. The molecule has 0 aromatic heterocycles. The lowest BCUT2D eigenvalue weighted by Crippen LogP contribution is -2.59. The molecule has 0 radical (unpaired) electrons. The van der Waals surface area contributed by atoms with Crippen LogP contribution in [0.4, 0.5) is 0 Å². The first kappa shape index (κ1) is 23.1. The maximum Gasteiger partial charge on any atom is 0.494 e. The van der Waals surface area contributed by atoms with Gasteiger partial charge >= 0.3 is 14.2 Å². The zero-order valence-electron chi connectivity index (χ0n) is 17.1. The highest BCUT2D eigenvalue weighted by Crippen LogP contribution is 2.30. The van der Waals surface area contributed by atoms with Crippen molar-refractivity contribution >= 4 is 25.2 Å². The molecule has 0 heterocycles. The minimum atomic E-state index is -1.56. The summed E-state index contributed by atoms with van der Waals surface area (Å²) in [6.07, 6.45) is 0. The predicted molar refractivity (Wildman–Crippen MR) is 105 cm³/mol. The minimum Gasteiger partial charge on any atom is -0.423 e. The van der Waals surface area contributed by atoms with E-state index >= 15 is 0 Å². The van der Waals surface area contributed by atoms with Crippen LogP contribution in [0, 0.1) is 0 Å². The summed E-state index contributed by atoms with van der Waals surface area (Å²) in [7, 11) is -2.45. The van der Waals surface area contributed by atoms with Crippen LogP contribution in [-0.4, -0.2) is 56.9 Å². The van der Waals surface area contributed by atoms with Crippen molar-refractivity contribution in [2.24, 2.45) is 0 Å². The molecule has 0 saturated heterocycles. The molecular weight excluding hydrogens is 334 g/mol. The molecule has 0 amide bonds. The van der Waals surface area contributed by atoms with Crippen molar-refractivity contribution < 1.29 is 29.6 Å². The highest BCUT2D eigenvalue weighted by Gasteiger charge is 2.45. The molecule has 0 aliphatic heterocycles. The first-order valence-electron chi connectivity index (χ1n) is 8.74. The molecule has 0 unspecified atom stereocenters. The van der Waals surface area contributed by atoms with Gasteiger partial charge in [-0.05, 0) is 66.3 Å². The summed E-state index contributed by atoms with van der Waals surface area (Å²) >= 11 is 0. The number of hydrogen-bond donors (Lipinski definition) is 4. The number of hydrogen-bond acceptors (Lipinski definition) is 6. The van der Waals surface area contributed by atoms with Gasteiger partial charge in [0, 0.05) is 0 Å². The lowest BCUT2D eigenvalue weighted by Gasteiger charge is -2.43. The number of aliphatic hydroxyl groups is 2. The third-order valence-corrected chi connectivity index (χ3v) is 5.26. The summed E-state index contributed by atoms with van der Waals surface area (Å²) < 4.78 is 12.2. The van der Waals surface area contributed by atoms with E-state index in [-0.39, 0.29) is 0 Å². The lowest BCUT2D eigenvalue weighted by molar-refractivity contribution is -0.131. The molecule has 1 rings (SSSR count). The van der Waals surface area contributed by atoms with E-state index in [4.69, 9.17) is 9.31 Å². The van der Waals surface area contributed by atoms with Gasteiger partial charge < -0.3 is 29.6 Å². The van der Waals surface area contributed by atoms with Crippen molar-refractivity contribution in [3.8, 4) is 0 Å². The fourth-order valence-electron chi connectivity index (χ4n) is 1.81. The van der Waals surface area contributed by atoms with Gasteiger partial charge in [-0.3, -0.25) is 0 Å². The van der Waals surface area contributed by atoms with Crippen molar-refractivity contribution in [1.29, 1.82) is 0 Å². The molecule has 6 nitrogen and oxygen atoms in total. The predicted octanol–water partition coefficient (Wildman–Crippen LogP) is 0.194. The molecule has 0 aliphatic carbocycles. The van der Waals surface area contributed by atoms with Crippen LogP contribution in [0.3, 0.4) is 0 Å².